The van der Waals surface area contributed by atoms with Crippen LogP contribution in [0.3, 0.4) is 0 Å². The lowest BCUT2D eigenvalue weighted by Crippen LogP contribution is -2.46. The van der Waals surface area contributed by atoms with Gasteiger partial charge >= 0.3 is 0 Å². The van der Waals surface area contributed by atoms with E-state index in [0.29, 0.717) is 18.8 Å². The first-order valence-electron chi connectivity index (χ1n) is 6.02. The summed E-state index contributed by atoms with van der Waals surface area (Å²) in [6.45, 7) is 5.31. The number of rotatable bonds is 2. The van der Waals surface area contributed by atoms with Crippen molar-refractivity contribution in [3.8, 4) is 0 Å². The summed E-state index contributed by atoms with van der Waals surface area (Å²) in [5, 5.41) is 7.52. The normalized spacial score (nSPS) is 24.1. The standard InChI is InChI=1S/C13H18FN3O/c1-8-6-17(7-9(2)18-8)11-5-3-4-10(14)12(11)13(15)16/h3-5,8-9H,6-7H2,1-2H3,(H3,15,16)/t8-,9+. The van der Waals surface area contributed by atoms with Crippen molar-refractivity contribution in [2.75, 3.05) is 18.0 Å². The van der Waals surface area contributed by atoms with Gasteiger partial charge in [0.25, 0.3) is 0 Å². The van der Waals surface area contributed by atoms with Crippen LogP contribution >= 0.6 is 0 Å². The predicted octanol–water partition coefficient (Wildman–Crippen LogP) is 1.72. The number of nitrogens with zero attached hydrogens (tertiary/aromatic N) is 1. The molecule has 1 aromatic rings. The highest BCUT2D eigenvalue weighted by molar-refractivity contribution is 6.00. The fourth-order valence-electron chi connectivity index (χ4n) is 2.42. The number of ether oxygens (including phenoxy) is 1. The number of halogens is 1. The third kappa shape index (κ3) is 2.46. The summed E-state index contributed by atoms with van der Waals surface area (Å²) in [5.41, 5.74) is 6.33. The topological polar surface area (TPSA) is 62.3 Å². The van der Waals surface area contributed by atoms with Crippen LogP contribution in [-0.2, 0) is 4.74 Å². The maximum Gasteiger partial charge on any atom is 0.136 e. The molecule has 0 aromatic heterocycles. The average Bonchev–Trinajstić information content (AvgIpc) is 2.26. The molecule has 2 rings (SSSR count). The molecule has 1 aromatic carbocycles. The Balaban J connectivity index is 2.38. The second kappa shape index (κ2) is 4.94. The van der Waals surface area contributed by atoms with E-state index in [0.717, 1.165) is 0 Å². The number of anilines is 1. The van der Waals surface area contributed by atoms with Crippen molar-refractivity contribution in [3.05, 3.63) is 29.6 Å². The molecule has 18 heavy (non-hydrogen) atoms. The van der Waals surface area contributed by atoms with E-state index in [1.807, 2.05) is 18.7 Å². The average molecular weight is 251 g/mol. The molecule has 0 unspecified atom stereocenters. The molecule has 0 saturated carbocycles. The number of nitrogens with one attached hydrogen (secondary N) is 1. The van der Waals surface area contributed by atoms with Crippen LogP contribution in [0.4, 0.5) is 10.1 Å². The Bertz CT molecular complexity index is 454. The van der Waals surface area contributed by atoms with Gasteiger partial charge in [-0.1, -0.05) is 6.07 Å². The van der Waals surface area contributed by atoms with Crippen LogP contribution in [0.25, 0.3) is 0 Å². The minimum Gasteiger partial charge on any atom is -0.384 e. The molecule has 0 spiro atoms. The lowest BCUT2D eigenvalue weighted by Gasteiger charge is -2.37. The molecule has 1 aliphatic heterocycles. The van der Waals surface area contributed by atoms with Crippen LogP contribution in [-0.4, -0.2) is 31.1 Å². The van der Waals surface area contributed by atoms with Gasteiger partial charge in [0.1, 0.15) is 11.7 Å². The monoisotopic (exact) mass is 251 g/mol. The number of amidine groups is 1. The molecule has 1 saturated heterocycles. The summed E-state index contributed by atoms with van der Waals surface area (Å²) in [7, 11) is 0. The van der Waals surface area contributed by atoms with Crippen LogP contribution in [0.5, 0.6) is 0 Å². The van der Waals surface area contributed by atoms with Crippen molar-refractivity contribution in [1.29, 1.82) is 5.41 Å². The zero-order chi connectivity index (χ0) is 13.3. The number of nitrogen functional groups attached to an aromatic ring is 1. The molecule has 0 bridgehead atoms. The summed E-state index contributed by atoms with van der Waals surface area (Å²) in [6, 6.07) is 4.76. The van der Waals surface area contributed by atoms with E-state index >= 15 is 0 Å². The number of benzene rings is 1. The van der Waals surface area contributed by atoms with E-state index < -0.39 is 5.82 Å². The molecule has 98 valence electrons. The molecular weight excluding hydrogens is 233 g/mol. The first kappa shape index (κ1) is 12.8. The highest BCUT2D eigenvalue weighted by Gasteiger charge is 2.25. The van der Waals surface area contributed by atoms with Gasteiger partial charge in [-0.3, -0.25) is 5.41 Å². The van der Waals surface area contributed by atoms with Gasteiger partial charge in [-0.15, -0.1) is 0 Å². The number of hydrogen-bond donors (Lipinski definition) is 2. The fraction of sp³-hybridized carbons (Fsp3) is 0.462. The number of nitrogens with two attached hydrogens (primary N) is 1. The molecule has 0 radical (unpaired) electrons. The Kier molecular flexibility index (Phi) is 3.52. The van der Waals surface area contributed by atoms with Gasteiger partial charge in [0.2, 0.25) is 0 Å². The van der Waals surface area contributed by atoms with Crippen LogP contribution in [0.15, 0.2) is 18.2 Å². The number of hydrogen-bond acceptors (Lipinski definition) is 3. The van der Waals surface area contributed by atoms with E-state index in [1.54, 1.807) is 12.1 Å². The maximum absolute atomic E-state index is 13.8. The lowest BCUT2D eigenvalue weighted by atomic mass is 10.1. The van der Waals surface area contributed by atoms with Gasteiger partial charge in [0, 0.05) is 13.1 Å². The summed E-state index contributed by atoms with van der Waals surface area (Å²) >= 11 is 0. The first-order chi connectivity index (χ1) is 8.49. The molecule has 1 fully saturated rings. The molecule has 0 amide bonds. The summed E-state index contributed by atoms with van der Waals surface area (Å²) < 4.78 is 19.4. The van der Waals surface area contributed by atoms with Crippen molar-refractivity contribution >= 4 is 11.5 Å². The third-order valence-electron chi connectivity index (χ3n) is 3.02. The van der Waals surface area contributed by atoms with Crippen LogP contribution in [0, 0.1) is 11.2 Å². The van der Waals surface area contributed by atoms with Crippen LogP contribution < -0.4 is 10.6 Å². The zero-order valence-corrected chi connectivity index (χ0v) is 10.6. The zero-order valence-electron chi connectivity index (χ0n) is 10.6. The molecule has 3 N–H and O–H groups in total. The van der Waals surface area contributed by atoms with Gasteiger partial charge in [-0.2, -0.15) is 0 Å². The smallest absolute Gasteiger partial charge is 0.136 e. The first-order valence-corrected chi connectivity index (χ1v) is 6.02. The third-order valence-corrected chi connectivity index (χ3v) is 3.02. The molecular formula is C13H18FN3O. The Labute approximate surface area is 106 Å². The van der Waals surface area contributed by atoms with Gasteiger partial charge in [-0.25, -0.2) is 4.39 Å². The minimum absolute atomic E-state index is 0.0804. The van der Waals surface area contributed by atoms with E-state index in [2.05, 4.69) is 0 Å². The SMILES string of the molecule is C[C@@H]1CN(c2cccc(F)c2C(=N)N)C[C@H](C)O1. The highest BCUT2D eigenvalue weighted by atomic mass is 19.1. The van der Waals surface area contributed by atoms with E-state index in [9.17, 15) is 4.39 Å². The molecule has 1 heterocycles. The molecule has 1 aliphatic rings. The summed E-state index contributed by atoms with van der Waals surface area (Å²) in [5.74, 6) is -0.693. The van der Waals surface area contributed by atoms with E-state index in [1.165, 1.54) is 6.07 Å². The van der Waals surface area contributed by atoms with Crippen molar-refractivity contribution in [3.63, 3.8) is 0 Å². The number of morpholine rings is 1. The summed E-state index contributed by atoms with van der Waals surface area (Å²) in [4.78, 5) is 2.03. The van der Waals surface area contributed by atoms with Gasteiger partial charge in [0.15, 0.2) is 0 Å². The predicted molar refractivity (Wildman–Crippen MR) is 69.6 cm³/mol. The second-order valence-corrected chi connectivity index (χ2v) is 4.71. The fourth-order valence-corrected chi connectivity index (χ4v) is 2.42. The van der Waals surface area contributed by atoms with Gasteiger partial charge < -0.3 is 15.4 Å². The molecule has 2 atom stereocenters. The van der Waals surface area contributed by atoms with Crippen molar-refractivity contribution in [2.45, 2.75) is 26.1 Å². The van der Waals surface area contributed by atoms with Gasteiger partial charge in [0.05, 0.1) is 23.5 Å². The highest BCUT2D eigenvalue weighted by Crippen LogP contribution is 2.26. The quantitative estimate of drug-likeness (QED) is 0.621. The van der Waals surface area contributed by atoms with Crippen LogP contribution in [0.2, 0.25) is 0 Å². The summed E-state index contributed by atoms with van der Waals surface area (Å²) in [6.07, 6.45) is 0.161. The van der Waals surface area contributed by atoms with Crippen LogP contribution in [0.1, 0.15) is 19.4 Å². The Morgan fingerprint density at radius 1 is 1.39 bits per heavy atom. The minimum atomic E-state index is -0.452. The molecule has 0 aliphatic carbocycles. The van der Waals surface area contributed by atoms with Crippen molar-refractivity contribution in [1.82, 2.24) is 0 Å². The van der Waals surface area contributed by atoms with E-state index in [4.69, 9.17) is 15.9 Å². The second-order valence-electron chi connectivity index (χ2n) is 4.71. The molecule has 4 nitrogen and oxygen atoms in total. The van der Waals surface area contributed by atoms with E-state index in [-0.39, 0.29) is 23.6 Å². The Morgan fingerprint density at radius 3 is 2.56 bits per heavy atom. The Morgan fingerprint density at radius 2 is 2.00 bits per heavy atom. The molecule has 5 heteroatoms. The van der Waals surface area contributed by atoms with Crippen molar-refractivity contribution in [2.24, 2.45) is 5.73 Å². The van der Waals surface area contributed by atoms with Crippen molar-refractivity contribution < 1.29 is 9.13 Å². The Hall–Kier alpha value is -1.62. The van der Waals surface area contributed by atoms with Gasteiger partial charge in [-0.05, 0) is 26.0 Å². The maximum atomic E-state index is 13.8. The largest absolute Gasteiger partial charge is 0.384 e. The lowest BCUT2D eigenvalue weighted by molar-refractivity contribution is -0.00524.